The van der Waals surface area contributed by atoms with Gasteiger partial charge in [-0.05, 0) is 48.0 Å². The predicted octanol–water partition coefficient (Wildman–Crippen LogP) is 2.54. The molecule has 0 aliphatic carbocycles. The Labute approximate surface area is 94.9 Å². The number of benzene rings is 1. The first-order valence-corrected chi connectivity index (χ1v) is 6.55. The van der Waals surface area contributed by atoms with Crippen LogP contribution in [-0.4, -0.2) is 16.6 Å². The molecule has 3 N–H and O–H groups in total. The fourth-order valence-corrected chi connectivity index (χ4v) is 3.22. The summed E-state index contributed by atoms with van der Waals surface area (Å²) in [6.45, 7) is 0. The van der Waals surface area contributed by atoms with E-state index in [0.29, 0.717) is 11.7 Å². The van der Waals surface area contributed by atoms with Crippen LogP contribution in [0.2, 0.25) is 0 Å². The maximum atomic E-state index is 9.40. The second-order valence-electron chi connectivity index (χ2n) is 4.07. The standard InChI is InChI=1S/C12H17NOS/c13-12(9-4-6-15-7-5-9)10-2-1-3-11(14)8-10/h1-3,8-9,12,14H,4-7,13H2. The van der Waals surface area contributed by atoms with Gasteiger partial charge in [-0.3, -0.25) is 0 Å². The van der Waals surface area contributed by atoms with Gasteiger partial charge in [-0.15, -0.1) is 0 Å². The van der Waals surface area contributed by atoms with Crippen molar-refractivity contribution in [2.24, 2.45) is 11.7 Å². The molecule has 82 valence electrons. The molecule has 1 heterocycles. The van der Waals surface area contributed by atoms with E-state index in [4.69, 9.17) is 5.73 Å². The SMILES string of the molecule is NC(c1cccc(O)c1)C1CCSCC1. The van der Waals surface area contributed by atoms with E-state index >= 15 is 0 Å². The summed E-state index contributed by atoms with van der Waals surface area (Å²) >= 11 is 2.01. The lowest BCUT2D eigenvalue weighted by Gasteiger charge is -2.27. The van der Waals surface area contributed by atoms with Crippen molar-refractivity contribution in [2.75, 3.05) is 11.5 Å². The van der Waals surface area contributed by atoms with Gasteiger partial charge in [-0.1, -0.05) is 12.1 Å². The zero-order valence-corrected chi connectivity index (χ0v) is 9.54. The summed E-state index contributed by atoms with van der Waals surface area (Å²) in [5, 5.41) is 9.40. The van der Waals surface area contributed by atoms with Crippen molar-refractivity contribution >= 4 is 11.8 Å². The Kier molecular flexibility index (Phi) is 3.54. The molecule has 2 rings (SSSR count). The van der Waals surface area contributed by atoms with Crippen LogP contribution < -0.4 is 5.73 Å². The van der Waals surface area contributed by atoms with Gasteiger partial charge in [0.05, 0.1) is 0 Å². The van der Waals surface area contributed by atoms with Gasteiger partial charge in [0.15, 0.2) is 0 Å². The van der Waals surface area contributed by atoms with E-state index in [1.54, 1.807) is 12.1 Å². The second-order valence-corrected chi connectivity index (χ2v) is 5.30. The van der Waals surface area contributed by atoms with Crippen LogP contribution in [0, 0.1) is 5.92 Å². The lowest BCUT2D eigenvalue weighted by Crippen LogP contribution is -2.24. The maximum absolute atomic E-state index is 9.40. The van der Waals surface area contributed by atoms with Crippen LogP contribution in [0.25, 0.3) is 0 Å². The van der Waals surface area contributed by atoms with Crippen LogP contribution in [0.3, 0.4) is 0 Å². The Morgan fingerprint density at radius 1 is 1.33 bits per heavy atom. The monoisotopic (exact) mass is 223 g/mol. The van der Waals surface area contributed by atoms with Gasteiger partial charge >= 0.3 is 0 Å². The molecule has 0 aromatic heterocycles. The molecule has 0 saturated carbocycles. The average molecular weight is 223 g/mol. The molecule has 0 amide bonds. The molecule has 3 heteroatoms. The highest BCUT2D eigenvalue weighted by Gasteiger charge is 2.21. The molecule has 1 saturated heterocycles. The van der Waals surface area contributed by atoms with Gasteiger partial charge in [0.25, 0.3) is 0 Å². The third-order valence-electron chi connectivity index (χ3n) is 3.03. The number of phenols is 1. The van der Waals surface area contributed by atoms with Crippen molar-refractivity contribution in [1.29, 1.82) is 0 Å². The molecule has 1 aromatic rings. The average Bonchev–Trinajstić information content (AvgIpc) is 2.29. The van der Waals surface area contributed by atoms with E-state index in [-0.39, 0.29) is 6.04 Å². The minimum Gasteiger partial charge on any atom is -0.508 e. The van der Waals surface area contributed by atoms with Gasteiger partial charge in [0.1, 0.15) is 5.75 Å². The van der Waals surface area contributed by atoms with Gasteiger partial charge in [-0.25, -0.2) is 0 Å². The molecule has 0 spiro atoms. The number of hydrogen-bond acceptors (Lipinski definition) is 3. The molecular weight excluding hydrogens is 206 g/mol. The molecule has 2 nitrogen and oxygen atoms in total. The molecule has 1 aliphatic heterocycles. The van der Waals surface area contributed by atoms with Crippen molar-refractivity contribution in [3.63, 3.8) is 0 Å². The number of nitrogens with two attached hydrogens (primary N) is 1. The van der Waals surface area contributed by atoms with Crippen LogP contribution in [0.4, 0.5) is 0 Å². The molecule has 1 aliphatic rings. The highest BCUT2D eigenvalue weighted by molar-refractivity contribution is 7.99. The van der Waals surface area contributed by atoms with E-state index < -0.39 is 0 Å². The summed E-state index contributed by atoms with van der Waals surface area (Å²) in [5.74, 6) is 3.33. The summed E-state index contributed by atoms with van der Waals surface area (Å²) in [4.78, 5) is 0. The molecule has 0 radical (unpaired) electrons. The first-order chi connectivity index (χ1) is 7.27. The number of aromatic hydroxyl groups is 1. The smallest absolute Gasteiger partial charge is 0.115 e. The van der Waals surface area contributed by atoms with Crippen LogP contribution >= 0.6 is 11.8 Å². The highest BCUT2D eigenvalue weighted by atomic mass is 32.2. The Morgan fingerprint density at radius 3 is 2.73 bits per heavy atom. The van der Waals surface area contributed by atoms with E-state index in [1.807, 2.05) is 23.9 Å². The van der Waals surface area contributed by atoms with Gasteiger partial charge in [0, 0.05) is 6.04 Å². The van der Waals surface area contributed by atoms with E-state index in [2.05, 4.69) is 0 Å². The predicted molar refractivity (Wildman–Crippen MR) is 65.1 cm³/mol. The Bertz CT molecular complexity index is 323. The second kappa shape index (κ2) is 4.90. The summed E-state index contributed by atoms with van der Waals surface area (Å²) in [6, 6.07) is 7.42. The van der Waals surface area contributed by atoms with Gasteiger partial charge in [0.2, 0.25) is 0 Å². The fourth-order valence-electron chi connectivity index (χ4n) is 2.08. The summed E-state index contributed by atoms with van der Waals surface area (Å²) < 4.78 is 0. The Hall–Kier alpha value is -0.670. The number of hydrogen-bond donors (Lipinski definition) is 2. The third kappa shape index (κ3) is 2.67. The Morgan fingerprint density at radius 2 is 2.07 bits per heavy atom. The summed E-state index contributed by atoms with van der Waals surface area (Å²) in [5.41, 5.74) is 7.28. The first-order valence-electron chi connectivity index (χ1n) is 5.39. The van der Waals surface area contributed by atoms with Crippen LogP contribution in [0.15, 0.2) is 24.3 Å². The number of phenolic OH excluding ortho intramolecular Hbond substituents is 1. The molecule has 1 unspecified atom stereocenters. The first kappa shape index (κ1) is 10.8. The highest BCUT2D eigenvalue weighted by Crippen LogP contribution is 2.32. The van der Waals surface area contributed by atoms with Crippen LogP contribution in [-0.2, 0) is 0 Å². The minimum absolute atomic E-state index is 0.0815. The molecule has 1 atom stereocenters. The molecule has 1 fully saturated rings. The largest absolute Gasteiger partial charge is 0.508 e. The normalized spacial score (nSPS) is 20.1. The van der Waals surface area contributed by atoms with Crippen molar-refractivity contribution in [1.82, 2.24) is 0 Å². The van der Waals surface area contributed by atoms with Crippen LogP contribution in [0.5, 0.6) is 5.75 Å². The molecule has 0 bridgehead atoms. The summed E-state index contributed by atoms with van der Waals surface area (Å²) in [7, 11) is 0. The third-order valence-corrected chi connectivity index (χ3v) is 4.08. The quantitative estimate of drug-likeness (QED) is 0.810. The zero-order valence-electron chi connectivity index (χ0n) is 8.73. The van der Waals surface area contributed by atoms with Crippen molar-refractivity contribution < 1.29 is 5.11 Å². The lowest BCUT2D eigenvalue weighted by atomic mass is 9.89. The van der Waals surface area contributed by atoms with Gasteiger partial charge < -0.3 is 10.8 Å². The molecular formula is C12H17NOS. The molecule has 1 aromatic carbocycles. The van der Waals surface area contributed by atoms with Crippen molar-refractivity contribution in [3.05, 3.63) is 29.8 Å². The Balaban J connectivity index is 2.08. The van der Waals surface area contributed by atoms with E-state index in [9.17, 15) is 5.11 Å². The van der Waals surface area contributed by atoms with Crippen LogP contribution in [0.1, 0.15) is 24.4 Å². The van der Waals surface area contributed by atoms with E-state index in [0.717, 1.165) is 5.56 Å². The number of thioether (sulfide) groups is 1. The van der Waals surface area contributed by atoms with E-state index in [1.165, 1.54) is 24.3 Å². The minimum atomic E-state index is 0.0815. The van der Waals surface area contributed by atoms with Crippen molar-refractivity contribution in [2.45, 2.75) is 18.9 Å². The fraction of sp³-hybridized carbons (Fsp3) is 0.500. The zero-order chi connectivity index (χ0) is 10.7. The summed E-state index contributed by atoms with van der Waals surface area (Å²) in [6.07, 6.45) is 2.39. The lowest BCUT2D eigenvalue weighted by molar-refractivity contribution is 0.401. The van der Waals surface area contributed by atoms with Crippen molar-refractivity contribution in [3.8, 4) is 5.75 Å². The molecule has 15 heavy (non-hydrogen) atoms. The van der Waals surface area contributed by atoms with Gasteiger partial charge in [-0.2, -0.15) is 11.8 Å². The topological polar surface area (TPSA) is 46.2 Å². The maximum Gasteiger partial charge on any atom is 0.115 e. The number of rotatable bonds is 2.